The molecule has 78 valence electrons. The van der Waals surface area contributed by atoms with E-state index >= 15 is 0 Å². The summed E-state index contributed by atoms with van der Waals surface area (Å²) in [5.74, 6) is 1.18. The minimum absolute atomic E-state index is 0.591. The number of benzene rings is 2. The highest BCUT2D eigenvalue weighted by Crippen LogP contribution is 2.45. The van der Waals surface area contributed by atoms with Gasteiger partial charge in [0.25, 0.3) is 0 Å². The Balaban J connectivity index is 2.30. The van der Waals surface area contributed by atoms with Crippen molar-refractivity contribution in [2.45, 2.75) is 0 Å². The largest absolute Gasteiger partial charge is 0.805 e. The number of para-hydroxylation sites is 2. The third-order valence-corrected chi connectivity index (χ3v) is 3.10. The Morgan fingerprint density at radius 2 is 1.19 bits per heavy atom. The Kier molecular flexibility index (Phi) is 2.12. The second-order valence-electron chi connectivity index (χ2n) is 3.40. The van der Waals surface area contributed by atoms with Gasteiger partial charge in [0.2, 0.25) is 0 Å². The Bertz CT molecular complexity index is 516. The lowest BCUT2D eigenvalue weighted by Crippen LogP contribution is -1.84. The molecular formula is C12H8O3P+. The molecule has 0 bridgehead atoms. The zero-order valence-corrected chi connectivity index (χ0v) is 9.19. The van der Waals surface area contributed by atoms with Crippen LogP contribution in [-0.2, 0) is 4.57 Å². The molecule has 0 saturated carbocycles. The van der Waals surface area contributed by atoms with Crippen molar-refractivity contribution in [2.24, 2.45) is 0 Å². The van der Waals surface area contributed by atoms with Crippen molar-refractivity contribution >= 4 is 8.25 Å². The molecule has 1 heterocycles. The predicted molar refractivity (Wildman–Crippen MR) is 60.7 cm³/mol. The van der Waals surface area contributed by atoms with Gasteiger partial charge in [0, 0.05) is 15.7 Å². The molecule has 0 unspecified atom stereocenters. The van der Waals surface area contributed by atoms with Gasteiger partial charge in [0.15, 0.2) is 11.5 Å². The van der Waals surface area contributed by atoms with Crippen LogP contribution >= 0.6 is 8.25 Å². The van der Waals surface area contributed by atoms with Gasteiger partial charge < -0.3 is 0 Å². The van der Waals surface area contributed by atoms with E-state index in [9.17, 15) is 4.57 Å². The highest BCUT2D eigenvalue weighted by atomic mass is 31.1. The quantitative estimate of drug-likeness (QED) is 0.647. The summed E-state index contributed by atoms with van der Waals surface area (Å²) in [5.41, 5.74) is 1.80. The Hall–Kier alpha value is -1.86. The monoisotopic (exact) mass is 231 g/mol. The van der Waals surface area contributed by atoms with Crippen LogP contribution in [-0.4, -0.2) is 0 Å². The minimum Gasteiger partial charge on any atom is -0.222 e. The van der Waals surface area contributed by atoms with Gasteiger partial charge in [-0.3, -0.25) is 0 Å². The standard InChI is InChI=1S/C12H8O3P/c13-16-14-11-7-3-1-5-9(11)10-6-2-4-8-12(10)15-16/h1-8H/q+1. The first-order chi connectivity index (χ1) is 7.84. The van der Waals surface area contributed by atoms with Gasteiger partial charge in [-0.25, -0.2) is 9.05 Å². The fraction of sp³-hybridized carbons (Fsp3) is 0. The zero-order valence-electron chi connectivity index (χ0n) is 8.29. The van der Waals surface area contributed by atoms with E-state index in [1.54, 1.807) is 12.1 Å². The lowest BCUT2D eigenvalue weighted by molar-refractivity contribution is 0.421. The molecule has 0 N–H and O–H groups in total. The van der Waals surface area contributed by atoms with Crippen molar-refractivity contribution in [3.8, 4) is 22.6 Å². The molecule has 3 nitrogen and oxygen atoms in total. The Labute approximate surface area is 93.6 Å². The van der Waals surface area contributed by atoms with Gasteiger partial charge >= 0.3 is 8.25 Å². The van der Waals surface area contributed by atoms with Gasteiger partial charge in [-0.2, -0.15) is 0 Å². The van der Waals surface area contributed by atoms with E-state index in [2.05, 4.69) is 0 Å². The molecule has 0 saturated heterocycles. The van der Waals surface area contributed by atoms with E-state index in [-0.39, 0.29) is 0 Å². The van der Waals surface area contributed by atoms with Crippen LogP contribution in [0, 0.1) is 0 Å². The third-order valence-electron chi connectivity index (χ3n) is 2.41. The minimum atomic E-state index is -2.14. The summed E-state index contributed by atoms with van der Waals surface area (Å²) in [7, 11) is -2.14. The summed E-state index contributed by atoms with van der Waals surface area (Å²) >= 11 is 0. The highest BCUT2D eigenvalue weighted by Gasteiger charge is 2.31. The average molecular weight is 231 g/mol. The molecule has 1 aliphatic heterocycles. The molecule has 2 aromatic rings. The first kappa shape index (κ1) is 9.37. The van der Waals surface area contributed by atoms with Crippen molar-refractivity contribution in [1.82, 2.24) is 0 Å². The summed E-state index contributed by atoms with van der Waals surface area (Å²) < 4.78 is 22.0. The number of hydrogen-bond donors (Lipinski definition) is 0. The van der Waals surface area contributed by atoms with Gasteiger partial charge in [-0.1, -0.05) is 36.4 Å². The molecule has 1 aliphatic rings. The summed E-state index contributed by atoms with van der Waals surface area (Å²) in [6, 6.07) is 14.9. The van der Waals surface area contributed by atoms with E-state index < -0.39 is 8.25 Å². The molecule has 0 fully saturated rings. The summed E-state index contributed by atoms with van der Waals surface area (Å²) in [6.45, 7) is 0. The predicted octanol–water partition coefficient (Wildman–Crippen LogP) is 3.78. The molecule has 4 heteroatoms. The topological polar surface area (TPSA) is 35.5 Å². The van der Waals surface area contributed by atoms with Crippen molar-refractivity contribution < 1.29 is 13.6 Å². The van der Waals surface area contributed by atoms with Gasteiger partial charge in [0.05, 0.1) is 0 Å². The van der Waals surface area contributed by atoms with Crippen LogP contribution in [0.2, 0.25) is 0 Å². The second-order valence-corrected chi connectivity index (χ2v) is 4.21. The first-order valence-corrected chi connectivity index (χ1v) is 5.96. The molecule has 0 aliphatic carbocycles. The zero-order chi connectivity index (χ0) is 11.0. The smallest absolute Gasteiger partial charge is 0.222 e. The van der Waals surface area contributed by atoms with Gasteiger partial charge in [0.1, 0.15) is 0 Å². The van der Waals surface area contributed by atoms with Crippen LogP contribution in [0.25, 0.3) is 11.1 Å². The molecule has 0 spiro atoms. The van der Waals surface area contributed by atoms with E-state index in [1.807, 2.05) is 36.4 Å². The normalized spacial score (nSPS) is 12.9. The van der Waals surface area contributed by atoms with Gasteiger partial charge in [-0.05, 0) is 12.1 Å². The maximum absolute atomic E-state index is 11.5. The molecule has 0 radical (unpaired) electrons. The van der Waals surface area contributed by atoms with Crippen molar-refractivity contribution in [3.05, 3.63) is 48.5 Å². The molecular weight excluding hydrogens is 223 g/mol. The summed E-state index contributed by atoms with van der Waals surface area (Å²) in [6.07, 6.45) is 0. The molecule has 0 aromatic heterocycles. The van der Waals surface area contributed by atoms with E-state index in [1.165, 1.54) is 0 Å². The molecule has 2 aromatic carbocycles. The summed E-state index contributed by atoms with van der Waals surface area (Å²) in [5, 5.41) is 0. The number of rotatable bonds is 0. The van der Waals surface area contributed by atoms with Crippen molar-refractivity contribution in [3.63, 3.8) is 0 Å². The van der Waals surface area contributed by atoms with Crippen LogP contribution in [0.5, 0.6) is 11.5 Å². The molecule has 16 heavy (non-hydrogen) atoms. The Morgan fingerprint density at radius 3 is 1.69 bits per heavy atom. The molecule has 0 atom stereocenters. The first-order valence-electron chi connectivity index (χ1n) is 4.86. The maximum Gasteiger partial charge on any atom is 0.805 e. The molecule has 3 rings (SSSR count). The highest BCUT2D eigenvalue weighted by molar-refractivity contribution is 7.34. The van der Waals surface area contributed by atoms with E-state index in [0.29, 0.717) is 11.5 Å². The van der Waals surface area contributed by atoms with Crippen molar-refractivity contribution in [2.75, 3.05) is 0 Å². The van der Waals surface area contributed by atoms with Crippen LogP contribution in [0.1, 0.15) is 0 Å². The van der Waals surface area contributed by atoms with Gasteiger partial charge in [-0.15, -0.1) is 0 Å². The SMILES string of the molecule is O=[P+]1Oc2ccccc2-c2ccccc2O1. The lowest BCUT2D eigenvalue weighted by atomic mass is 10.0. The fourth-order valence-corrected chi connectivity index (χ4v) is 2.39. The van der Waals surface area contributed by atoms with E-state index in [0.717, 1.165) is 11.1 Å². The van der Waals surface area contributed by atoms with Crippen molar-refractivity contribution in [1.29, 1.82) is 0 Å². The third kappa shape index (κ3) is 1.46. The maximum atomic E-state index is 11.5. The van der Waals surface area contributed by atoms with Crippen LogP contribution < -0.4 is 9.05 Å². The summed E-state index contributed by atoms with van der Waals surface area (Å²) in [4.78, 5) is 0. The molecule has 0 amide bonds. The number of fused-ring (bicyclic) bond motifs is 3. The lowest BCUT2D eigenvalue weighted by Gasteiger charge is -2.01. The number of hydrogen-bond acceptors (Lipinski definition) is 3. The average Bonchev–Trinajstić information content (AvgIpc) is 2.44. The van der Waals surface area contributed by atoms with E-state index in [4.69, 9.17) is 9.05 Å². The van der Waals surface area contributed by atoms with Crippen LogP contribution in [0.15, 0.2) is 48.5 Å². The fourth-order valence-electron chi connectivity index (χ4n) is 1.72. The Morgan fingerprint density at radius 1 is 0.750 bits per heavy atom. The van der Waals surface area contributed by atoms with Crippen LogP contribution in [0.4, 0.5) is 0 Å². The van der Waals surface area contributed by atoms with Crippen LogP contribution in [0.3, 0.4) is 0 Å². The second kappa shape index (κ2) is 3.62.